The van der Waals surface area contributed by atoms with E-state index in [1.54, 1.807) is 18.2 Å². The smallest absolute Gasteiger partial charge is 0.256 e. The maximum absolute atomic E-state index is 13.1. The molecule has 0 aliphatic heterocycles. The summed E-state index contributed by atoms with van der Waals surface area (Å²) in [6.45, 7) is 1.29. The molecule has 2 aromatic rings. The van der Waals surface area contributed by atoms with E-state index >= 15 is 0 Å². The minimum absolute atomic E-state index is 0.332. The van der Waals surface area contributed by atoms with Gasteiger partial charge in [0.1, 0.15) is 18.2 Å². The number of nitrogens with zero attached hydrogens (tertiary/aromatic N) is 1. The average Bonchev–Trinajstić information content (AvgIpc) is 2.49. The molecule has 0 radical (unpaired) electrons. The highest BCUT2D eigenvalue weighted by Gasteiger charge is 2.12. The highest BCUT2D eigenvalue weighted by atomic mass is 79.9. The number of anilines is 1. The van der Waals surface area contributed by atoms with Crippen molar-refractivity contribution in [3.05, 3.63) is 57.3 Å². The van der Waals surface area contributed by atoms with Crippen LogP contribution < -0.4 is 10.1 Å². The van der Waals surface area contributed by atoms with Crippen LogP contribution >= 0.6 is 27.5 Å². The lowest BCUT2D eigenvalue weighted by Crippen LogP contribution is -2.19. The second-order valence-corrected chi connectivity index (χ2v) is 6.64. The zero-order valence-corrected chi connectivity index (χ0v) is 15.6. The van der Waals surface area contributed by atoms with Gasteiger partial charge in [-0.1, -0.05) is 11.6 Å². The molecule has 0 spiro atoms. The fourth-order valence-corrected chi connectivity index (χ4v) is 2.67. The van der Waals surface area contributed by atoms with Crippen LogP contribution in [0.4, 0.5) is 10.1 Å². The molecule has 0 aliphatic rings. The second kappa shape index (κ2) is 8.46. The van der Waals surface area contributed by atoms with E-state index in [4.69, 9.17) is 16.3 Å². The monoisotopic (exact) mass is 414 g/mol. The van der Waals surface area contributed by atoms with Crippen molar-refractivity contribution in [2.75, 3.05) is 32.6 Å². The maximum atomic E-state index is 13.1. The number of ether oxygens (including phenoxy) is 1. The van der Waals surface area contributed by atoms with Gasteiger partial charge in [-0.25, -0.2) is 4.39 Å². The van der Waals surface area contributed by atoms with Crippen LogP contribution in [0.25, 0.3) is 0 Å². The van der Waals surface area contributed by atoms with E-state index in [1.165, 1.54) is 18.2 Å². The summed E-state index contributed by atoms with van der Waals surface area (Å²) in [5.74, 6) is -0.223. The first-order chi connectivity index (χ1) is 11.4. The van der Waals surface area contributed by atoms with Gasteiger partial charge in [0.15, 0.2) is 0 Å². The molecule has 2 rings (SSSR count). The predicted octanol–water partition coefficient (Wildman–Crippen LogP) is 4.43. The number of amides is 1. The van der Waals surface area contributed by atoms with Crippen molar-refractivity contribution in [1.82, 2.24) is 4.90 Å². The van der Waals surface area contributed by atoms with Gasteiger partial charge in [0, 0.05) is 16.7 Å². The van der Waals surface area contributed by atoms with Gasteiger partial charge in [-0.15, -0.1) is 0 Å². The normalized spacial score (nSPS) is 10.8. The lowest BCUT2D eigenvalue weighted by molar-refractivity contribution is 0.102. The standard InChI is InChI=1S/C17H17BrClFN2O2/c1-22(2)7-8-24-16-6-4-12(10-15(16)19)21-17(23)13-5-3-11(20)9-14(13)18/h3-6,9-10H,7-8H2,1-2H3,(H,21,23). The van der Waals surface area contributed by atoms with Gasteiger partial charge in [-0.2, -0.15) is 0 Å². The molecule has 2 aromatic carbocycles. The van der Waals surface area contributed by atoms with E-state index < -0.39 is 5.82 Å². The SMILES string of the molecule is CN(C)CCOc1ccc(NC(=O)c2ccc(F)cc2Br)cc1Cl. The average molecular weight is 416 g/mol. The Morgan fingerprint density at radius 2 is 2.04 bits per heavy atom. The first-order valence-electron chi connectivity index (χ1n) is 7.20. The molecule has 24 heavy (non-hydrogen) atoms. The Morgan fingerprint density at radius 3 is 2.67 bits per heavy atom. The van der Waals surface area contributed by atoms with Crippen LogP contribution in [0.5, 0.6) is 5.75 Å². The molecule has 0 aliphatic carbocycles. The predicted molar refractivity (Wildman–Crippen MR) is 97.6 cm³/mol. The molecule has 0 saturated heterocycles. The molecule has 0 aromatic heterocycles. The molecule has 0 fully saturated rings. The van der Waals surface area contributed by atoms with E-state index in [0.29, 0.717) is 33.1 Å². The molecule has 1 amide bonds. The first-order valence-corrected chi connectivity index (χ1v) is 8.37. The van der Waals surface area contributed by atoms with Crippen molar-refractivity contribution < 1.29 is 13.9 Å². The zero-order chi connectivity index (χ0) is 17.7. The summed E-state index contributed by atoms with van der Waals surface area (Å²) < 4.78 is 19.1. The Labute approximate surface area is 153 Å². The molecule has 0 atom stereocenters. The number of hydrogen-bond donors (Lipinski definition) is 1. The lowest BCUT2D eigenvalue weighted by atomic mass is 10.2. The maximum Gasteiger partial charge on any atom is 0.256 e. The van der Waals surface area contributed by atoms with Gasteiger partial charge >= 0.3 is 0 Å². The van der Waals surface area contributed by atoms with Crippen molar-refractivity contribution in [2.24, 2.45) is 0 Å². The summed E-state index contributed by atoms with van der Waals surface area (Å²) in [5, 5.41) is 3.13. The van der Waals surface area contributed by atoms with Gasteiger partial charge in [0.2, 0.25) is 0 Å². The lowest BCUT2D eigenvalue weighted by Gasteiger charge is -2.13. The summed E-state index contributed by atoms with van der Waals surface area (Å²) in [6.07, 6.45) is 0. The topological polar surface area (TPSA) is 41.6 Å². The van der Waals surface area contributed by atoms with Crippen LogP contribution in [0, 0.1) is 5.82 Å². The van der Waals surface area contributed by atoms with Crippen LogP contribution in [0.3, 0.4) is 0 Å². The van der Waals surface area contributed by atoms with Crippen LogP contribution in [-0.2, 0) is 0 Å². The van der Waals surface area contributed by atoms with Crippen LogP contribution in [0.15, 0.2) is 40.9 Å². The van der Waals surface area contributed by atoms with Crippen molar-refractivity contribution in [2.45, 2.75) is 0 Å². The molecule has 0 bridgehead atoms. The number of hydrogen-bond acceptors (Lipinski definition) is 3. The van der Waals surface area contributed by atoms with Gasteiger partial charge < -0.3 is 15.0 Å². The Kier molecular flexibility index (Phi) is 6.60. The van der Waals surface area contributed by atoms with E-state index in [-0.39, 0.29) is 5.91 Å². The van der Waals surface area contributed by atoms with Crippen molar-refractivity contribution in [3.8, 4) is 5.75 Å². The quantitative estimate of drug-likeness (QED) is 0.759. The number of nitrogens with one attached hydrogen (secondary N) is 1. The Morgan fingerprint density at radius 1 is 1.29 bits per heavy atom. The third kappa shape index (κ3) is 5.19. The van der Waals surface area contributed by atoms with Crippen LogP contribution in [0.1, 0.15) is 10.4 Å². The Hall–Kier alpha value is -1.63. The number of likely N-dealkylation sites (N-methyl/N-ethyl adjacent to an activating group) is 1. The second-order valence-electron chi connectivity index (χ2n) is 5.38. The van der Waals surface area contributed by atoms with Crippen molar-refractivity contribution in [1.29, 1.82) is 0 Å². The molecule has 1 N–H and O–H groups in total. The highest BCUT2D eigenvalue weighted by molar-refractivity contribution is 9.10. The van der Waals surface area contributed by atoms with Crippen molar-refractivity contribution in [3.63, 3.8) is 0 Å². The van der Waals surface area contributed by atoms with Gasteiger partial charge in [0.25, 0.3) is 5.91 Å². The number of rotatable bonds is 6. The van der Waals surface area contributed by atoms with Gasteiger partial charge in [0.05, 0.1) is 10.6 Å². The van der Waals surface area contributed by atoms with E-state index in [2.05, 4.69) is 21.2 Å². The summed E-state index contributed by atoms with van der Waals surface area (Å²) in [7, 11) is 3.91. The third-order valence-electron chi connectivity index (χ3n) is 3.16. The molecular weight excluding hydrogens is 399 g/mol. The zero-order valence-electron chi connectivity index (χ0n) is 13.3. The summed E-state index contributed by atoms with van der Waals surface area (Å²) >= 11 is 9.35. The van der Waals surface area contributed by atoms with Crippen LogP contribution in [-0.4, -0.2) is 38.1 Å². The van der Waals surface area contributed by atoms with Gasteiger partial charge in [-0.3, -0.25) is 4.79 Å². The molecular formula is C17H17BrClFN2O2. The largest absolute Gasteiger partial charge is 0.491 e. The molecule has 128 valence electrons. The molecule has 0 heterocycles. The number of benzene rings is 2. The molecule has 7 heteroatoms. The highest BCUT2D eigenvalue weighted by Crippen LogP contribution is 2.28. The number of carbonyl (C=O) groups excluding carboxylic acids is 1. The minimum Gasteiger partial charge on any atom is -0.491 e. The summed E-state index contributed by atoms with van der Waals surface area (Å²) in [6, 6.07) is 8.90. The Balaban J connectivity index is 2.05. The van der Waals surface area contributed by atoms with E-state index in [1.807, 2.05) is 19.0 Å². The fourth-order valence-electron chi connectivity index (χ4n) is 1.91. The van der Waals surface area contributed by atoms with Crippen molar-refractivity contribution >= 4 is 39.1 Å². The van der Waals surface area contributed by atoms with Crippen LogP contribution in [0.2, 0.25) is 5.02 Å². The van der Waals surface area contributed by atoms with Gasteiger partial charge in [-0.05, 0) is 66.4 Å². The number of carbonyl (C=O) groups is 1. The Bertz CT molecular complexity index is 741. The minimum atomic E-state index is -0.416. The number of halogens is 3. The summed E-state index contributed by atoms with van der Waals surface area (Å²) in [5.41, 5.74) is 0.861. The molecule has 0 unspecified atom stereocenters. The third-order valence-corrected chi connectivity index (χ3v) is 4.11. The van der Waals surface area contributed by atoms with E-state index in [0.717, 1.165) is 6.54 Å². The first kappa shape index (κ1) is 18.7. The molecule has 0 saturated carbocycles. The molecule has 4 nitrogen and oxygen atoms in total. The fraction of sp³-hybridized carbons (Fsp3) is 0.235. The summed E-state index contributed by atoms with van der Waals surface area (Å²) in [4.78, 5) is 14.2. The van der Waals surface area contributed by atoms with E-state index in [9.17, 15) is 9.18 Å².